The highest BCUT2D eigenvalue weighted by Crippen LogP contribution is 2.43. The van der Waals surface area contributed by atoms with E-state index in [0.29, 0.717) is 0 Å². The number of fused-ring (bicyclic) bond motifs is 1. The van der Waals surface area contributed by atoms with Gasteiger partial charge < -0.3 is 4.90 Å². The summed E-state index contributed by atoms with van der Waals surface area (Å²) >= 11 is 0. The number of hydrogen-bond donors (Lipinski definition) is 0. The first-order valence-electron chi connectivity index (χ1n) is 7.39. The van der Waals surface area contributed by atoms with E-state index in [0.717, 1.165) is 5.69 Å². The minimum absolute atomic E-state index is 0.181. The lowest BCUT2D eigenvalue weighted by atomic mass is 9.78. The molecule has 1 aliphatic rings. The molecule has 0 bridgehead atoms. The third-order valence-corrected chi connectivity index (χ3v) is 4.84. The largest absolute Gasteiger partial charge is 0.352 e. The molecule has 0 amide bonds. The van der Waals surface area contributed by atoms with E-state index in [1.165, 1.54) is 27.8 Å². The molecule has 0 aliphatic carbocycles. The lowest BCUT2D eigenvalue weighted by molar-refractivity contribution is 0.291. The Kier molecular flexibility index (Phi) is 3.12. The third kappa shape index (κ3) is 1.98. The summed E-state index contributed by atoms with van der Waals surface area (Å²) in [6.07, 6.45) is 1.94. The predicted octanol–water partition coefficient (Wildman–Crippen LogP) is 4.48. The van der Waals surface area contributed by atoms with Gasteiger partial charge in [-0.05, 0) is 50.5 Å². The van der Waals surface area contributed by atoms with Crippen LogP contribution in [0.3, 0.4) is 0 Å². The maximum Gasteiger partial charge on any atom is 0.0919 e. The molecule has 2 nitrogen and oxygen atoms in total. The van der Waals surface area contributed by atoms with Gasteiger partial charge in [0.25, 0.3) is 0 Å². The first-order chi connectivity index (χ1) is 9.94. The zero-order valence-electron chi connectivity index (χ0n) is 13.4. The maximum atomic E-state index is 4.57. The molecule has 21 heavy (non-hydrogen) atoms. The van der Waals surface area contributed by atoms with E-state index >= 15 is 0 Å². The van der Waals surface area contributed by atoms with Crippen LogP contribution in [0.1, 0.15) is 34.7 Å². The molecule has 0 saturated heterocycles. The van der Waals surface area contributed by atoms with Crippen molar-refractivity contribution in [3.8, 4) is 0 Å². The summed E-state index contributed by atoms with van der Waals surface area (Å²) in [7, 11) is 2.11. The summed E-state index contributed by atoms with van der Waals surface area (Å²) in [6, 6.07) is 13.0. The number of benzene rings is 2. The van der Waals surface area contributed by atoms with Gasteiger partial charge in [0.15, 0.2) is 0 Å². The van der Waals surface area contributed by atoms with Gasteiger partial charge in [-0.25, -0.2) is 4.99 Å². The van der Waals surface area contributed by atoms with Crippen LogP contribution in [0.4, 0.5) is 5.69 Å². The van der Waals surface area contributed by atoms with Crippen molar-refractivity contribution in [1.29, 1.82) is 0 Å². The second-order valence-electron chi connectivity index (χ2n) is 6.20. The zero-order chi connectivity index (χ0) is 15.2. The average molecular weight is 278 g/mol. The Morgan fingerprint density at radius 2 is 1.71 bits per heavy atom. The van der Waals surface area contributed by atoms with E-state index in [-0.39, 0.29) is 5.54 Å². The van der Waals surface area contributed by atoms with Crippen LogP contribution >= 0.6 is 0 Å². The molecule has 1 unspecified atom stereocenters. The molecule has 0 fully saturated rings. The van der Waals surface area contributed by atoms with Crippen LogP contribution in [0.2, 0.25) is 0 Å². The van der Waals surface area contributed by atoms with Crippen molar-refractivity contribution in [2.24, 2.45) is 4.99 Å². The molecule has 0 saturated carbocycles. The minimum atomic E-state index is -0.181. The lowest BCUT2D eigenvalue weighted by Gasteiger charge is -2.43. The van der Waals surface area contributed by atoms with Crippen molar-refractivity contribution >= 4 is 12.0 Å². The molecule has 3 rings (SSSR count). The summed E-state index contributed by atoms with van der Waals surface area (Å²) in [6.45, 7) is 8.87. The first-order valence-corrected chi connectivity index (χ1v) is 7.39. The van der Waals surface area contributed by atoms with Gasteiger partial charge in [0.2, 0.25) is 0 Å². The molecule has 2 aromatic carbocycles. The average Bonchev–Trinajstić information content (AvgIpc) is 2.47. The molecule has 2 aromatic rings. The summed E-state index contributed by atoms with van der Waals surface area (Å²) in [5.74, 6) is 0. The Morgan fingerprint density at radius 1 is 1.00 bits per heavy atom. The number of aryl methyl sites for hydroxylation is 2. The Labute approximate surface area is 127 Å². The smallest absolute Gasteiger partial charge is 0.0919 e. The van der Waals surface area contributed by atoms with E-state index in [4.69, 9.17) is 0 Å². The quantitative estimate of drug-likeness (QED) is 0.751. The van der Waals surface area contributed by atoms with Crippen molar-refractivity contribution in [2.45, 2.75) is 33.2 Å². The summed E-state index contributed by atoms with van der Waals surface area (Å²) in [5, 5.41) is 0. The van der Waals surface area contributed by atoms with Gasteiger partial charge >= 0.3 is 0 Å². The highest BCUT2D eigenvalue weighted by atomic mass is 15.2. The van der Waals surface area contributed by atoms with Crippen molar-refractivity contribution in [1.82, 2.24) is 4.90 Å². The normalized spacial score (nSPS) is 20.5. The third-order valence-electron chi connectivity index (χ3n) is 4.84. The van der Waals surface area contributed by atoms with E-state index in [1.807, 2.05) is 6.34 Å². The second kappa shape index (κ2) is 4.73. The van der Waals surface area contributed by atoms with Gasteiger partial charge in [-0.3, -0.25) is 0 Å². The second-order valence-corrected chi connectivity index (χ2v) is 6.20. The van der Waals surface area contributed by atoms with Crippen LogP contribution < -0.4 is 0 Å². The van der Waals surface area contributed by atoms with Crippen molar-refractivity contribution in [2.75, 3.05) is 7.05 Å². The van der Waals surface area contributed by atoms with Gasteiger partial charge in [-0.2, -0.15) is 0 Å². The fourth-order valence-corrected chi connectivity index (χ4v) is 3.33. The lowest BCUT2D eigenvalue weighted by Crippen LogP contribution is -2.43. The molecular weight excluding hydrogens is 256 g/mol. The summed E-state index contributed by atoms with van der Waals surface area (Å²) in [4.78, 5) is 6.79. The van der Waals surface area contributed by atoms with Crippen LogP contribution in [0.15, 0.2) is 41.4 Å². The Balaban J connectivity index is 2.32. The Bertz CT molecular complexity index is 730. The van der Waals surface area contributed by atoms with Crippen molar-refractivity contribution in [3.63, 3.8) is 0 Å². The van der Waals surface area contributed by atoms with Crippen LogP contribution in [-0.2, 0) is 5.54 Å². The summed E-state index contributed by atoms with van der Waals surface area (Å²) < 4.78 is 0. The van der Waals surface area contributed by atoms with Gasteiger partial charge in [0, 0.05) is 12.6 Å². The molecule has 0 N–H and O–H groups in total. The highest BCUT2D eigenvalue weighted by Gasteiger charge is 2.37. The Hall–Kier alpha value is -2.09. The SMILES string of the molecule is Cc1cc(C)c(C)c(C2(C)c3ccccc3N=CN2C)c1. The van der Waals surface area contributed by atoms with Crippen molar-refractivity contribution < 1.29 is 0 Å². The monoisotopic (exact) mass is 278 g/mol. The van der Waals surface area contributed by atoms with Crippen LogP contribution in [0, 0.1) is 20.8 Å². The van der Waals surface area contributed by atoms with Crippen LogP contribution in [0.5, 0.6) is 0 Å². The molecule has 2 heteroatoms. The van der Waals surface area contributed by atoms with Crippen LogP contribution in [0.25, 0.3) is 0 Å². The predicted molar refractivity (Wildman–Crippen MR) is 89.5 cm³/mol. The van der Waals surface area contributed by atoms with Gasteiger partial charge in [-0.15, -0.1) is 0 Å². The molecule has 108 valence electrons. The molecule has 0 aromatic heterocycles. The summed E-state index contributed by atoms with van der Waals surface area (Å²) in [5.41, 5.74) is 7.53. The molecule has 1 aliphatic heterocycles. The number of aliphatic imine (C=N–C) groups is 1. The zero-order valence-corrected chi connectivity index (χ0v) is 13.4. The standard InChI is InChI=1S/C19H22N2/c1-13-10-14(2)15(3)17(11-13)19(4)16-8-6-7-9-18(16)20-12-21(19)5/h6-12H,1-5H3. The fourth-order valence-electron chi connectivity index (χ4n) is 3.33. The molecule has 1 heterocycles. The highest BCUT2D eigenvalue weighted by molar-refractivity contribution is 5.72. The topological polar surface area (TPSA) is 15.6 Å². The Morgan fingerprint density at radius 3 is 2.48 bits per heavy atom. The van der Waals surface area contributed by atoms with E-state index in [9.17, 15) is 0 Å². The first kappa shape index (κ1) is 13.9. The van der Waals surface area contributed by atoms with Crippen LogP contribution in [-0.4, -0.2) is 18.3 Å². The fraction of sp³-hybridized carbons (Fsp3) is 0.316. The molecule has 1 atom stereocenters. The van der Waals surface area contributed by atoms with Gasteiger partial charge in [0.1, 0.15) is 0 Å². The number of rotatable bonds is 1. The van der Waals surface area contributed by atoms with Crippen molar-refractivity contribution in [3.05, 3.63) is 64.2 Å². The van der Waals surface area contributed by atoms with E-state index in [2.05, 4.69) is 81.0 Å². The van der Waals surface area contributed by atoms with E-state index < -0.39 is 0 Å². The van der Waals surface area contributed by atoms with E-state index in [1.54, 1.807) is 0 Å². The molecular formula is C19H22N2. The number of hydrogen-bond acceptors (Lipinski definition) is 2. The molecule has 0 radical (unpaired) electrons. The molecule has 0 spiro atoms. The maximum absolute atomic E-state index is 4.57. The number of para-hydroxylation sites is 1. The van der Waals surface area contributed by atoms with Gasteiger partial charge in [0.05, 0.1) is 17.6 Å². The minimum Gasteiger partial charge on any atom is -0.352 e. The number of nitrogens with zero attached hydrogens (tertiary/aromatic N) is 2. The van der Waals surface area contributed by atoms with Gasteiger partial charge in [-0.1, -0.05) is 35.9 Å².